The Labute approximate surface area is 553 Å². The number of hydrogen-bond acceptors (Lipinski definition) is 18. The molecule has 2 saturated heterocycles. The molecule has 1 aromatic carbocycles. The van der Waals surface area contributed by atoms with Gasteiger partial charge in [0, 0.05) is 26.2 Å². The largest absolute Gasteiger partial charge is 0.508 e. The number of carboxylic acids is 1. The van der Waals surface area contributed by atoms with Crippen LogP contribution in [0.4, 0.5) is 0 Å². The molecule has 0 bridgehead atoms. The highest BCUT2D eigenvalue weighted by Crippen LogP contribution is 2.23. The third-order valence-corrected chi connectivity index (χ3v) is 16.3. The molecular weight excluding hydrogens is 1240 g/mol. The Morgan fingerprint density at radius 1 is 0.568 bits per heavy atom. The van der Waals surface area contributed by atoms with Crippen LogP contribution in [-0.4, -0.2) is 209 Å². The van der Waals surface area contributed by atoms with Crippen LogP contribution in [0.5, 0.6) is 5.75 Å². The standard InChI is InChI=1S/C61H104N20O14/c1-5-35(4)49(57(93)77-42(17-11-27-71-61(68)69)58(94)80-28-12-18-45(80)55(91)74-39(50(65)86)14-6-8-24-62)79-53(89)40(15-7-9-25-63)75-52(88)41(16-10-26-70-60(66)67)76-54(90)43(30-34(2)3)78-56(92)46-19-13-29-81(46)59(95)44(32-48(84)85)73-47(83)33-72-51(87)38(64)31-36-20-22-37(82)23-21-36/h20-23,34-35,38-46,49,82H,5-19,24-33,62-64H2,1-4H3,(H2,65,86)(H,72,87)(H,73,83)(H,74,91)(H,75,88)(H,76,90)(H,77,93)(H,78,92)(H,79,89)(H,84,85)(H4,66,67,70)(H4,68,69,71)/t35-,38-,39-,40-,41-,42-,43-,44-,45-,46-,49-/m0/s1. The van der Waals surface area contributed by atoms with Crippen LogP contribution in [0.3, 0.4) is 0 Å². The first-order valence-electron chi connectivity index (χ1n) is 32.6. The fraction of sp³-hybridized carbons (Fsp3) is 0.672. The number of rotatable bonds is 43. The number of amides is 11. The molecule has 2 aliphatic rings. The molecule has 2 fully saturated rings. The van der Waals surface area contributed by atoms with Gasteiger partial charge in [0.15, 0.2) is 11.9 Å². The summed E-state index contributed by atoms with van der Waals surface area (Å²) in [5.74, 6) is -11.3. The molecule has 95 heavy (non-hydrogen) atoms. The van der Waals surface area contributed by atoms with E-state index in [0.717, 1.165) is 4.90 Å². The molecule has 0 unspecified atom stereocenters. The molecule has 26 N–H and O–H groups in total. The van der Waals surface area contributed by atoms with Gasteiger partial charge in [-0.2, -0.15) is 0 Å². The fourth-order valence-corrected chi connectivity index (χ4v) is 11.0. The second kappa shape index (κ2) is 41.7. The number of aliphatic carboxylic acids is 1. The number of nitrogens with one attached hydrogen (secondary N) is 8. The average Bonchev–Trinajstić information content (AvgIpc) is 1.77. The minimum absolute atomic E-state index is 0.000159. The van der Waals surface area contributed by atoms with Crippen LogP contribution >= 0.6 is 0 Å². The molecule has 0 saturated carbocycles. The lowest BCUT2D eigenvalue weighted by atomic mass is 9.96. The average molecular weight is 1340 g/mol. The van der Waals surface area contributed by atoms with E-state index in [1.807, 2.05) is 0 Å². The van der Waals surface area contributed by atoms with E-state index in [9.17, 15) is 67.7 Å². The molecule has 0 spiro atoms. The third-order valence-electron chi connectivity index (χ3n) is 16.3. The van der Waals surface area contributed by atoms with Crippen LogP contribution in [-0.2, 0) is 64.0 Å². The maximum absolute atomic E-state index is 14.6. The molecule has 3 rings (SSSR count). The zero-order valence-electron chi connectivity index (χ0n) is 55.1. The lowest BCUT2D eigenvalue weighted by Gasteiger charge is -2.32. The predicted molar refractivity (Wildman–Crippen MR) is 352 cm³/mol. The van der Waals surface area contributed by atoms with Gasteiger partial charge in [-0.15, -0.1) is 0 Å². The SMILES string of the molecule is CC[C@H](C)[C@H](NC(=O)[C@H](CCCCN)NC(=O)[C@H](CCCN=C(N)N)NC(=O)[C@H](CC(C)C)NC(=O)[C@@H]1CCCN1C(=O)[C@H](CC(=O)O)NC(=O)CNC(=O)[C@@H](N)Cc1ccc(O)cc1)C(=O)N[C@@H](CCCN=C(N)N)C(=O)N1CCC[C@H]1C(=O)N[C@@H](CCCCN)C(N)=O. The highest BCUT2D eigenvalue weighted by Gasteiger charge is 2.42. The number of likely N-dealkylation sites (tertiary alicyclic amines) is 2. The van der Waals surface area contributed by atoms with E-state index in [1.54, 1.807) is 39.8 Å². The van der Waals surface area contributed by atoms with Crippen molar-refractivity contribution in [3.8, 4) is 5.75 Å². The van der Waals surface area contributed by atoms with Crippen molar-refractivity contribution in [3.05, 3.63) is 29.8 Å². The summed E-state index contributed by atoms with van der Waals surface area (Å²) >= 11 is 0. The van der Waals surface area contributed by atoms with Crippen molar-refractivity contribution in [1.29, 1.82) is 0 Å². The van der Waals surface area contributed by atoms with Crippen molar-refractivity contribution in [1.82, 2.24) is 52.3 Å². The summed E-state index contributed by atoms with van der Waals surface area (Å²) in [6.45, 7) is 7.12. The fourth-order valence-electron chi connectivity index (χ4n) is 11.0. The summed E-state index contributed by atoms with van der Waals surface area (Å²) in [5, 5.41) is 40.5. The first-order chi connectivity index (χ1) is 45.0. The Bertz CT molecular complexity index is 2800. The van der Waals surface area contributed by atoms with Gasteiger partial charge in [-0.05, 0) is 145 Å². The molecule has 2 heterocycles. The molecule has 1 aromatic rings. The summed E-state index contributed by atoms with van der Waals surface area (Å²) in [5.41, 5.74) is 46.1. The quantitative estimate of drug-likeness (QED) is 0.0166. The van der Waals surface area contributed by atoms with Gasteiger partial charge in [0.1, 0.15) is 60.1 Å². The number of carbonyl (C=O) groups is 12. The number of phenolic OH excluding ortho intramolecular Hbond substituents is 1. The number of phenols is 1. The van der Waals surface area contributed by atoms with Gasteiger partial charge < -0.3 is 108 Å². The highest BCUT2D eigenvalue weighted by molar-refractivity contribution is 5.99. The molecule has 34 heteroatoms. The first-order valence-corrected chi connectivity index (χ1v) is 32.6. The summed E-state index contributed by atoms with van der Waals surface area (Å²) in [6, 6.07) is -6.79. The van der Waals surface area contributed by atoms with Gasteiger partial charge in [-0.1, -0.05) is 46.2 Å². The Morgan fingerprint density at radius 3 is 1.52 bits per heavy atom. The third kappa shape index (κ3) is 28.3. The molecule has 2 aliphatic heterocycles. The van der Waals surface area contributed by atoms with Gasteiger partial charge in [0.25, 0.3) is 0 Å². The number of aromatic hydroxyl groups is 1. The van der Waals surface area contributed by atoms with E-state index in [0.29, 0.717) is 50.6 Å². The maximum Gasteiger partial charge on any atom is 0.305 e. The van der Waals surface area contributed by atoms with Gasteiger partial charge in [0.2, 0.25) is 65.0 Å². The van der Waals surface area contributed by atoms with Crippen LogP contribution in [0.2, 0.25) is 0 Å². The number of carboxylic acid groups (broad SMARTS) is 1. The molecule has 11 atom stereocenters. The number of guanidine groups is 2. The van der Waals surface area contributed by atoms with E-state index >= 15 is 0 Å². The molecule has 0 radical (unpaired) electrons. The van der Waals surface area contributed by atoms with Crippen LogP contribution in [0.15, 0.2) is 34.3 Å². The monoisotopic (exact) mass is 1340 g/mol. The van der Waals surface area contributed by atoms with Crippen molar-refractivity contribution in [3.63, 3.8) is 0 Å². The molecule has 34 nitrogen and oxygen atoms in total. The zero-order valence-corrected chi connectivity index (χ0v) is 55.1. The minimum atomic E-state index is -1.69. The van der Waals surface area contributed by atoms with Crippen LogP contribution in [0.25, 0.3) is 0 Å². The number of unbranched alkanes of at least 4 members (excludes halogenated alkanes) is 2. The van der Waals surface area contributed by atoms with Crippen LogP contribution in [0.1, 0.15) is 142 Å². The lowest BCUT2D eigenvalue weighted by Crippen LogP contribution is -2.61. The molecular formula is C61H104N20O14. The number of nitrogens with zero attached hydrogens (tertiary/aromatic N) is 4. The van der Waals surface area contributed by atoms with Gasteiger partial charge >= 0.3 is 5.97 Å². The van der Waals surface area contributed by atoms with E-state index < -0.39 is 150 Å². The number of nitrogens with two attached hydrogens (primary N) is 8. The smallest absolute Gasteiger partial charge is 0.305 e. The normalized spacial score (nSPS) is 17.2. The number of aliphatic imine (C=N–C) groups is 2. The van der Waals surface area contributed by atoms with Crippen molar-refractivity contribution in [2.75, 3.05) is 45.8 Å². The second-order valence-corrected chi connectivity index (χ2v) is 24.5. The Balaban J connectivity index is 1.88. The highest BCUT2D eigenvalue weighted by atomic mass is 16.4. The number of hydrogen-bond donors (Lipinski definition) is 18. The lowest BCUT2D eigenvalue weighted by molar-refractivity contribution is -0.146. The van der Waals surface area contributed by atoms with Crippen LogP contribution in [0, 0.1) is 11.8 Å². The predicted octanol–water partition coefficient (Wildman–Crippen LogP) is -4.83. The Morgan fingerprint density at radius 2 is 1.03 bits per heavy atom. The van der Waals surface area contributed by atoms with Crippen molar-refractivity contribution >= 4 is 82.9 Å². The minimum Gasteiger partial charge on any atom is -0.508 e. The molecule has 11 amide bonds. The molecule has 0 aromatic heterocycles. The number of benzene rings is 1. The van der Waals surface area contributed by atoms with Crippen molar-refractivity contribution < 1.29 is 67.7 Å². The summed E-state index contributed by atoms with van der Waals surface area (Å²) in [4.78, 5) is 176. The number of carbonyl (C=O) groups excluding carboxylic acids is 11. The van der Waals surface area contributed by atoms with E-state index in [1.165, 1.54) is 17.0 Å². The number of primary amides is 1. The van der Waals surface area contributed by atoms with Gasteiger partial charge in [0.05, 0.1) is 19.0 Å². The first kappa shape index (κ1) is 80.3. The molecule has 0 aliphatic carbocycles. The summed E-state index contributed by atoms with van der Waals surface area (Å²) < 4.78 is 0. The van der Waals surface area contributed by atoms with Gasteiger partial charge in [-0.3, -0.25) is 67.5 Å². The van der Waals surface area contributed by atoms with Crippen molar-refractivity contribution in [2.24, 2.45) is 67.7 Å². The molecule has 532 valence electrons. The zero-order chi connectivity index (χ0) is 70.9. The topological polar surface area (TPSA) is 581 Å². The van der Waals surface area contributed by atoms with Gasteiger partial charge in [-0.25, -0.2) is 0 Å². The van der Waals surface area contributed by atoms with Crippen molar-refractivity contribution in [2.45, 2.75) is 204 Å². The summed E-state index contributed by atoms with van der Waals surface area (Å²) in [7, 11) is 0. The Kier molecular flexibility index (Phi) is 35.3. The summed E-state index contributed by atoms with van der Waals surface area (Å²) in [6.07, 6.45) is 2.80. The van der Waals surface area contributed by atoms with Crippen LogP contribution < -0.4 is 88.4 Å². The van der Waals surface area contributed by atoms with E-state index in [-0.39, 0.29) is 127 Å². The second-order valence-electron chi connectivity index (χ2n) is 24.5. The van der Waals surface area contributed by atoms with E-state index in [2.05, 4.69) is 52.5 Å². The van der Waals surface area contributed by atoms with E-state index in [4.69, 9.17) is 45.9 Å². The Hall–Kier alpha value is -8.92. The maximum atomic E-state index is 14.6.